The third kappa shape index (κ3) is 2.13. The summed E-state index contributed by atoms with van der Waals surface area (Å²) >= 11 is 0. The van der Waals surface area contributed by atoms with Gasteiger partial charge in [0.2, 0.25) is 0 Å². The Hall–Kier alpha value is -2.13. The van der Waals surface area contributed by atoms with E-state index in [2.05, 4.69) is 22.1 Å². The molecular weight excluding hydrogens is 222 g/mol. The molecule has 0 radical (unpaired) electrons. The molecule has 18 heavy (non-hydrogen) atoms. The molecule has 0 aliphatic carbocycles. The molecule has 3 aromatic rings. The van der Waals surface area contributed by atoms with Crippen molar-refractivity contribution in [1.29, 1.82) is 0 Å². The number of aromatic nitrogens is 2. The second-order valence-electron chi connectivity index (χ2n) is 4.44. The van der Waals surface area contributed by atoms with E-state index in [0.29, 0.717) is 0 Å². The Labute approximate surface area is 106 Å². The first-order chi connectivity index (χ1) is 8.83. The van der Waals surface area contributed by atoms with Crippen LogP contribution in [0.25, 0.3) is 11.0 Å². The van der Waals surface area contributed by atoms with Crippen molar-refractivity contribution in [2.45, 2.75) is 12.5 Å². The van der Waals surface area contributed by atoms with Crippen molar-refractivity contribution in [2.75, 3.05) is 0 Å². The van der Waals surface area contributed by atoms with Crippen LogP contribution in [0.3, 0.4) is 0 Å². The summed E-state index contributed by atoms with van der Waals surface area (Å²) < 4.78 is 0. The third-order valence-corrected chi connectivity index (χ3v) is 3.06. The van der Waals surface area contributed by atoms with Gasteiger partial charge in [-0.15, -0.1) is 0 Å². The summed E-state index contributed by atoms with van der Waals surface area (Å²) in [4.78, 5) is 7.81. The lowest BCUT2D eigenvalue weighted by molar-refractivity contribution is 0.680. The van der Waals surface area contributed by atoms with Gasteiger partial charge in [0, 0.05) is 0 Å². The highest BCUT2D eigenvalue weighted by atomic mass is 15.0. The molecule has 0 unspecified atom stereocenters. The number of nitrogens with one attached hydrogen (secondary N) is 1. The van der Waals surface area contributed by atoms with E-state index in [1.807, 2.05) is 42.5 Å². The summed E-state index contributed by atoms with van der Waals surface area (Å²) in [7, 11) is 0. The molecule has 2 aromatic carbocycles. The van der Waals surface area contributed by atoms with E-state index in [9.17, 15) is 0 Å². The zero-order valence-corrected chi connectivity index (χ0v) is 10.0. The molecule has 1 heterocycles. The van der Waals surface area contributed by atoms with Gasteiger partial charge in [0.25, 0.3) is 0 Å². The number of fused-ring (bicyclic) bond motifs is 1. The number of nitrogens with zero attached hydrogens (tertiary/aromatic N) is 1. The standard InChI is InChI=1S/C15H15N3/c16-12(10-11-6-2-1-3-7-11)15-17-13-8-4-5-9-14(13)18-15/h1-9,12H,10,16H2,(H,17,18)/t12-/m1/s1. The normalized spacial score (nSPS) is 12.7. The number of H-pyrrole nitrogens is 1. The zero-order valence-electron chi connectivity index (χ0n) is 10.0. The van der Waals surface area contributed by atoms with Gasteiger partial charge in [0.1, 0.15) is 5.82 Å². The first-order valence-corrected chi connectivity index (χ1v) is 6.07. The number of benzene rings is 2. The number of rotatable bonds is 3. The predicted molar refractivity (Wildman–Crippen MR) is 73.2 cm³/mol. The zero-order chi connectivity index (χ0) is 12.4. The minimum atomic E-state index is -0.0974. The SMILES string of the molecule is N[C@H](Cc1ccccc1)c1nc2ccccc2[nH]1. The number of imidazole rings is 1. The summed E-state index contributed by atoms with van der Waals surface area (Å²) in [6, 6.07) is 18.1. The van der Waals surface area contributed by atoms with E-state index in [4.69, 9.17) is 5.73 Å². The average molecular weight is 237 g/mol. The maximum atomic E-state index is 6.20. The molecule has 3 heteroatoms. The minimum absolute atomic E-state index is 0.0974. The Morgan fingerprint density at radius 2 is 1.72 bits per heavy atom. The summed E-state index contributed by atoms with van der Waals surface area (Å²) in [5.41, 5.74) is 9.43. The molecule has 0 aliphatic heterocycles. The molecule has 0 spiro atoms. The summed E-state index contributed by atoms with van der Waals surface area (Å²) in [6.45, 7) is 0. The molecular formula is C15H15N3. The molecule has 0 saturated heterocycles. The van der Waals surface area contributed by atoms with Crippen molar-refractivity contribution in [3.63, 3.8) is 0 Å². The van der Waals surface area contributed by atoms with Crippen LogP contribution in [0.5, 0.6) is 0 Å². The lowest BCUT2D eigenvalue weighted by atomic mass is 10.1. The summed E-state index contributed by atoms with van der Waals surface area (Å²) in [5, 5.41) is 0. The summed E-state index contributed by atoms with van der Waals surface area (Å²) in [6.07, 6.45) is 0.792. The topological polar surface area (TPSA) is 54.7 Å². The Balaban J connectivity index is 1.86. The lowest BCUT2D eigenvalue weighted by Crippen LogP contribution is -2.14. The van der Waals surface area contributed by atoms with Crippen molar-refractivity contribution < 1.29 is 0 Å². The fraction of sp³-hybridized carbons (Fsp3) is 0.133. The van der Waals surface area contributed by atoms with Gasteiger partial charge in [-0.25, -0.2) is 4.98 Å². The van der Waals surface area contributed by atoms with Crippen LogP contribution in [0.15, 0.2) is 54.6 Å². The smallest absolute Gasteiger partial charge is 0.124 e. The average Bonchev–Trinajstić information content (AvgIpc) is 2.84. The van der Waals surface area contributed by atoms with Crippen molar-refractivity contribution in [2.24, 2.45) is 5.73 Å². The van der Waals surface area contributed by atoms with Crippen LogP contribution in [0.1, 0.15) is 17.4 Å². The number of aromatic amines is 1. The van der Waals surface area contributed by atoms with Gasteiger partial charge >= 0.3 is 0 Å². The predicted octanol–water partition coefficient (Wildman–Crippen LogP) is 2.81. The van der Waals surface area contributed by atoms with Gasteiger partial charge in [-0.3, -0.25) is 0 Å². The molecule has 1 aromatic heterocycles. The maximum absolute atomic E-state index is 6.20. The second kappa shape index (κ2) is 4.63. The van der Waals surface area contributed by atoms with Gasteiger partial charge in [0.15, 0.2) is 0 Å². The fourth-order valence-electron chi connectivity index (χ4n) is 2.11. The lowest BCUT2D eigenvalue weighted by Gasteiger charge is -2.08. The van der Waals surface area contributed by atoms with Crippen molar-refractivity contribution in [1.82, 2.24) is 9.97 Å². The van der Waals surface area contributed by atoms with E-state index in [-0.39, 0.29) is 6.04 Å². The van der Waals surface area contributed by atoms with Gasteiger partial charge in [-0.1, -0.05) is 42.5 Å². The van der Waals surface area contributed by atoms with E-state index in [1.165, 1.54) is 5.56 Å². The van der Waals surface area contributed by atoms with Gasteiger partial charge in [0.05, 0.1) is 17.1 Å². The number of hydrogen-bond acceptors (Lipinski definition) is 2. The molecule has 0 bridgehead atoms. The quantitative estimate of drug-likeness (QED) is 0.736. The van der Waals surface area contributed by atoms with E-state index >= 15 is 0 Å². The molecule has 3 nitrogen and oxygen atoms in total. The monoisotopic (exact) mass is 237 g/mol. The third-order valence-electron chi connectivity index (χ3n) is 3.06. The molecule has 0 amide bonds. The Morgan fingerprint density at radius 3 is 2.50 bits per heavy atom. The first-order valence-electron chi connectivity index (χ1n) is 6.07. The number of nitrogens with two attached hydrogens (primary N) is 1. The van der Waals surface area contributed by atoms with E-state index in [0.717, 1.165) is 23.3 Å². The maximum Gasteiger partial charge on any atom is 0.124 e. The molecule has 0 saturated carbocycles. The molecule has 3 rings (SSSR count). The minimum Gasteiger partial charge on any atom is -0.341 e. The fourth-order valence-corrected chi connectivity index (χ4v) is 2.11. The number of hydrogen-bond donors (Lipinski definition) is 2. The van der Waals surface area contributed by atoms with Gasteiger partial charge in [-0.2, -0.15) is 0 Å². The first kappa shape index (κ1) is 11.0. The van der Waals surface area contributed by atoms with E-state index in [1.54, 1.807) is 0 Å². The summed E-state index contributed by atoms with van der Waals surface area (Å²) in [5.74, 6) is 0.847. The van der Waals surface area contributed by atoms with Crippen LogP contribution in [-0.4, -0.2) is 9.97 Å². The Morgan fingerprint density at radius 1 is 1.00 bits per heavy atom. The Kier molecular flexibility index (Phi) is 2.82. The number of para-hydroxylation sites is 2. The molecule has 0 aliphatic rings. The van der Waals surface area contributed by atoms with Crippen molar-refractivity contribution in [3.05, 3.63) is 66.0 Å². The second-order valence-corrected chi connectivity index (χ2v) is 4.44. The highest BCUT2D eigenvalue weighted by Gasteiger charge is 2.11. The van der Waals surface area contributed by atoms with Gasteiger partial charge in [-0.05, 0) is 24.1 Å². The Bertz CT molecular complexity index is 610. The molecule has 90 valence electrons. The highest BCUT2D eigenvalue weighted by molar-refractivity contribution is 5.74. The largest absolute Gasteiger partial charge is 0.341 e. The van der Waals surface area contributed by atoms with Crippen LogP contribution in [0.2, 0.25) is 0 Å². The van der Waals surface area contributed by atoms with Crippen LogP contribution < -0.4 is 5.73 Å². The molecule has 3 N–H and O–H groups in total. The van der Waals surface area contributed by atoms with Crippen LogP contribution in [0.4, 0.5) is 0 Å². The van der Waals surface area contributed by atoms with E-state index < -0.39 is 0 Å². The molecule has 0 fully saturated rings. The van der Waals surface area contributed by atoms with Crippen LogP contribution in [0, 0.1) is 0 Å². The van der Waals surface area contributed by atoms with Crippen LogP contribution >= 0.6 is 0 Å². The van der Waals surface area contributed by atoms with Crippen LogP contribution in [-0.2, 0) is 6.42 Å². The van der Waals surface area contributed by atoms with Crippen molar-refractivity contribution >= 4 is 11.0 Å². The highest BCUT2D eigenvalue weighted by Crippen LogP contribution is 2.17. The molecule has 1 atom stereocenters. The van der Waals surface area contributed by atoms with Crippen molar-refractivity contribution in [3.8, 4) is 0 Å². The van der Waals surface area contributed by atoms with Gasteiger partial charge < -0.3 is 10.7 Å².